The van der Waals surface area contributed by atoms with Gasteiger partial charge in [-0.25, -0.2) is 4.79 Å². The zero-order chi connectivity index (χ0) is 18.8. The smallest absolute Gasteiger partial charge is 0.321 e. The lowest BCUT2D eigenvalue weighted by molar-refractivity contribution is -0.0925. The molecular formula is C21H32N2O3. The number of benzene rings is 1. The number of likely N-dealkylation sites (tertiary alicyclic amines) is 1. The first kappa shape index (κ1) is 19.0. The van der Waals surface area contributed by atoms with E-state index in [1.807, 2.05) is 24.3 Å². The molecule has 0 unspecified atom stereocenters. The first-order valence-corrected chi connectivity index (χ1v) is 9.82. The summed E-state index contributed by atoms with van der Waals surface area (Å²) in [5.74, 6) is 0.815. The molecule has 1 saturated heterocycles. The predicted octanol–water partition coefficient (Wildman–Crippen LogP) is 4.41. The molecule has 2 N–H and O–H groups in total. The van der Waals surface area contributed by atoms with E-state index < -0.39 is 5.60 Å². The fourth-order valence-corrected chi connectivity index (χ4v) is 3.88. The van der Waals surface area contributed by atoms with Crippen LogP contribution < -0.4 is 10.1 Å². The lowest BCUT2D eigenvalue weighted by Crippen LogP contribution is -2.53. The van der Waals surface area contributed by atoms with Gasteiger partial charge in [0.15, 0.2) is 0 Å². The van der Waals surface area contributed by atoms with Crippen LogP contribution in [0.25, 0.3) is 0 Å². The van der Waals surface area contributed by atoms with Crippen LogP contribution in [0.3, 0.4) is 0 Å². The molecule has 0 spiro atoms. The van der Waals surface area contributed by atoms with E-state index in [2.05, 4.69) is 26.1 Å². The van der Waals surface area contributed by atoms with Gasteiger partial charge in [0.25, 0.3) is 0 Å². The highest BCUT2D eigenvalue weighted by Crippen LogP contribution is 2.38. The Balaban J connectivity index is 1.55. The molecule has 0 bridgehead atoms. The van der Waals surface area contributed by atoms with Crippen LogP contribution >= 0.6 is 0 Å². The molecule has 3 rings (SSSR count). The van der Waals surface area contributed by atoms with Crippen molar-refractivity contribution in [3.8, 4) is 5.75 Å². The lowest BCUT2D eigenvalue weighted by Gasteiger charge is -2.46. The fourth-order valence-electron chi connectivity index (χ4n) is 3.88. The van der Waals surface area contributed by atoms with Gasteiger partial charge in [-0.3, -0.25) is 0 Å². The number of urea groups is 1. The van der Waals surface area contributed by atoms with Crippen LogP contribution in [-0.2, 0) is 0 Å². The number of aliphatic hydroxyl groups is 1. The number of carbonyl (C=O) groups is 1. The maximum Gasteiger partial charge on any atom is 0.321 e. The number of anilines is 1. The molecule has 1 aromatic carbocycles. The maximum absolute atomic E-state index is 12.6. The Kier molecular flexibility index (Phi) is 5.47. The van der Waals surface area contributed by atoms with E-state index >= 15 is 0 Å². The monoisotopic (exact) mass is 360 g/mol. The molecule has 0 atom stereocenters. The minimum Gasteiger partial charge on any atom is -0.490 e. The SMILES string of the molecule is CC(C)(C)C1(O)CCN(C(=O)Nc2cccc(OC3CCCC3)c2)CC1. The van der Waals surface area contributed by atoms with E-state index in [0.717, 1.165) is 24.3 Å². The van der Waals surface area contributed by atoms with Gasteiger partial charge in [0.05, 0.1) is 11.7 Å². The average Bonchev–Trinajstić information content (AvgIpc) is 3.08. The molecule has 5 nitrogen and oxygen atoms in total. The van der Waals surface area contributed by atoms with Gasteiger partial charge in [0, 0.05) is 24.8 Å². The van der Waals surface area contributed by atoms with Crippen LogP contribution in [0.5, 0.6) is 5.75 Å². The van der Waals surface area contributed by atoms with Gasteiger partial charge < -0.3 is 20.1 Å². The average molecular weight is 360 g/mol. The summed E-state index contributed by atoms with van der Waals surface area (Å²) in [6.45, 7) is 7.30. The van der Waals surface area contributed by atoms with Crippen molar-refractivity contribution in [3.63, 3.8) is 0 Å². The van der Waals surface area contributed by atoms with Crippen molar-refractivity contribution in [3.05, 3.63) is 24.3 Å². The zero-order valence-corrected chi connectivity index (χ0v) is 16.3. The molecule has 2 fully saturated rings. The van der Waals surface area contributed by atoms with Crippen LogP contribution in [0, 0.1) is 5.41 Å². The summed E-state index contributed by atoms with van der Waals surface area (Å²) < 4.78 is 6.01. The van der Waals surface area contributed by atoms with Crippen molar-refractivity contribution in [1.82, 2.24) is 4.90 Å². The summed E-state index contributed by atoms with van der Waals surface area (Å²) in [6.07, 6.45) is 6.21. The topological polar surface area (TPSA) is 61.8 Å². The highest BCUT2D eigenvalue weighted by molar-refractivity contribution is 5.89. The Morgan fingerprint density at radius 3 is 2.50 bits per heavy atom. The number of rotatable bonds is 3. The standard InChI is InChI=1S/C21H32N2O3/c1-20(2,3)21(25)11-13-23(14-12-21)19(24)22-16-7-6-10-18(15-16)26-17-8-4-5-9-17/h6-7,10,15,17,25H,4-5,8-9,11-14H2,1-3H3,(H,22,24). The molecule has 0 radical (unpaired) electrons. The highest BCUT2D eigenvalue weighted by atomic mass is 16.5. The van der Waals surface area contributed by atoms with E-state index in [0.29, 0.717) is 32.0 Å². The molecule has 1 heterocycles. The van der Waals surface area contributed by atoms with E-state index in [1.165, 1.54) is 12.8 Å². The molecule has 5 heteroatoms. The van der Waals surface area contributed by atoms with Crippen molar-refractivity contribution in [1.29, 1.82) is 0 Å². The van der Waals surface area contributed by atoms with Crippen molar-refractivity contribution in [2.75, 3.05) is 18.4 Å². The van der Waals surface area contributed by atoms with Crippen LogP contribution in [0.4, 0.5) is 10.5 Å². The second-order valence-electron chi connectivity index (χ2n) is 8.75. The van der Waals surface area contributed by atoms with Gasteiger partial charge >= 0.3 is 6.03 Å². The minimum absolute atomic E-state index is 0.112. The van der Waals surface area contributed by atoms with Crippen molar-refractivity contribution in [2.45, 2.75) is 71.0 Å². The molecule has 1 saturated carbocycles. The molecule has 2 amide bonds. The largest absolute Gasteiger partial charge is 0.490 e. The number of carbonyl (C=O) groups excluding carboxylic acids is 1. The predicted molar refractivity (Wildman–Crippen MR) is 104 cm³/mol. The van der Waals surface area contributed by atoms with Gasteiger partial charge in [-0.2, -0.15) is 0 Å². The van der Waals surface area contributed by atoms with E-state index in [1.54, 1.807) is 4.90 Å². The zero-order valence-electron chi connectivity index (χ0n) is 16.3. The fraction of sp³-hybridized carbons (Fsp3) is 0.667. The van der Waals surface area contributed by atoms with Crippen molar-refractivity contribution in [2.24, 2.45) is 5.41 Å². The lowest BCUT2D eigenvalue weighted by atomic mass is 9.71. The Hall–Kier alpha value is -1.75. The Bertz CT molecular complexity index is 624. The number of hydrogen-bond donors (Lipinski definition) is 2. The maximum atomic E-state index is 12.6. The van der Waals surface area contributed by atoms with Crippen LogP contribution in [0.2, 0.25) is 0 Å². The number of nitrogens with zero attached hydrogens (tertiary/aromatic N) is 1. The van der Waals surface area contributed by atoms with Gasteiger partial charge in [0.1, 0.15) is 5.75 Å². The number of amides is 2. The summed E-state index contributed by atoms with van der Waals surface area (Å²) in [5, 5.41) is 13.8. The molecule has 1 aliphatic heterocycles. The highest BCUT2D eigenvalue weighted by Gasteiger charge is 2.43. The first-order chi connectivity index (χ1) is 12.3. The Morgan fingerprint density at radius 2 is 1.88 bits per heavy atom. The van der Waals surface area contributed by atoms with Gasteiger partial charge in [-0.1, -0.05) is 26.8 Å². The van der Waals surface area contributed by atoms with Gasteiger partial charge in [-0.15, -0.1) is 0 Å². The first-order valence-electron chi connectivity index (χ1n) is 9.82. The molecule has 1 aliphatic carbocycles. The third-order valence-electron chi connectivity index (χ3n) is 5.96. The molecule has 26 heavy (non-hydrogen) atoms. The number of nitrogens with one attached hydrogen (secondary N) is 1. The molecule has 0 aromatic heterocycles. The molecule has 1 aromatic rings. The van der Waals surface area contributed by atoms with E-state index in [-0.39, 0.29) is 11.4 Å². The van der Waals surface area contributed by atoms with Crippen LogP contribution in [0.1, 0.15) is 59.3 Å². The normalized spacial score (nSPS) is 20.8. The van der Waals surface area contributed by atoms with Crippen molar-refractivity contribution >= 4 is 11.7 Å². The summed E-state index contributed by atoms with van der Waals surface area (Å²) in [7, 11) is 0. The summed E-state index contributed by atoms with van der Waals surface area (Å²) in [5.41, 5.74) is -0.137. The van der Waals surface area contributed by atoms with E-state index in [9.17, 15) is 9.90 Å². The molecule has 2 aliphatic rings. The van der Waals surface area contributed by atoms with Crippen LogP contribution in [-0.4, -0.2) is 40.8 Å². The third-order valence-corrected chi connectivity index (χ3v) is 5.96. The molecule has 144 valence electrons. The van der Waals surface area contributed by atoms with E-state index in [4.69, 9.17) is 4.74 Å². The second-order valence-corrected chi connectivity index (χ2v) is 8.75. The summed E-state index contributed by atoms with van der Waals surface area (Å²) in [4.78, 5) is 14.4. The summed E-state index contributed by atoms with van der Waals surface area (Å²) >= 11 is 0. The minimum atomic E-state index is -0.710. The summed E-state index contributed by atoms with van der Waals surface area (Å²) in [6, 6.07) is 7.52. The quantitative estimate of drug-likeness (QED) is 0.839. The molecular weight excluding hydrogens is 328 g/mol. The Morgan fingerprint density at radius 1 is 1.23 bits per heavy atom. The number of piperidine rings is 1. The Labute approximate surface area is 156 Å². The number of ether oxygens (including phenoxy) is 1. The van der Waals surface area contributed by atoms with Crippen molar-refractivity contribution < 1.29 is 14.6 Å². The third kappa shape index (κ3) is 4.32. The number of hydrogen-bond acceptors (Lipinski definition) is 3. The second kappa shape index (κ2) is 7.47. The van der Waals surface area contributed by atoms with Crippen LogP contribution in [0.15, 0.2) is 24.3 Å². The van der Waals surface area contributed by atoms with Gasteiger partial charge in [-0.05, 0) is 56.1 Å². The van der Waals surface area contributed by atoms with Gasteiger partial charge in [0.2, 0.25) is 0 Å².